The van der Waals surface area contributed by atoms with Gasteiger partial charge < -0.3 is 16.8 Å². The maximum atomic E-state index is 6.74. The molecule has 6 rings (SSSR count). The van der Waals surface area contributed by atoms with E-state index in [0.29, 0.717) is 0 Å². The van der Waals surface area contributed by atoms with E-state index in [0.717, 1.165) is 60.4 Å². The second kappa shape index (κ2) is 11.5. The van der Waals surface area contributed by atoms with Crippen LogP contribution >= 0.6 is 0 Å². The fourth-order valence-corrected chi connectivity index (χ4v) is 5.69. The SMILES string of the molecule is Nc1ccccc1C/C(=C\c1ccc2c(c1N)NCCC2)Cc1cc(-c2ccccc2)cc(-c2ccccc2)c1. The highest BCUT2D eigenvalue weighted by atomic mass is 14.9. The molecule has 1 heterocycles. The summed E-state index contributed by atoms with van der Waals surface area (Å²) in [6.07, 6.45) is 6.03. The first-order valence-corrected chi connectivity index (χ1v) is 14.1. The second-order valence-corrected chi connectivity index (χ2v) is 10.6. The van der Waals surface area contributed by atoms with E-state index in [1.54, 1.807) is 0 Å². The van der Waals surface area contributed by atoms with Gasteiger partial charge in [0.2, 0.25) is 0 Å². The van der Waals surface area contributed by atoms with Crippen LogP contribution in [0.1, 0.15) is 28.7 Å². The zero-order valence-corrected chi connectivity index (χ0v) is 22.7. The van der Waals surface area contributed by atoms with Crippen molar-refractivity contribution in [2.75, 3.05) is 23.3 Å². The van der Waals surface area contributed by atoms with Crippen molar-refractivity contribution in [2.45, 2.75) is 25.7 Å². The minimum absolute atomic E-state index is 0.757. The molecule has 0 radical (unpaired) electrons. The highest BCUT2D eigenvalue weighted by Gasteiger charge is 2.15. The molecule has 5 aromatic carbocycles. The van der Waals surface area contributed by atoms with Crippen LogP contribution in [0.2, 0.25) is 0 Å². The van der Waals surface area contributed by atoms with Crippen molar-refractivity contribution in [2.24, 2.45) is 0 Å². The number of para-hydroxylation sites is 1. The molecular formula is C37H35N3. The quantitative estimate of drug-likeness (QED) is 0.188. The molecule has 0 saturated heterocycles. The number of benzene rings is 5. The van der Waals surface area contributed by atoms with Gasteiger partial charge in [-0.2, -0.15) is 0 Å². The number of aryl methyl sites for hydroxylation is 1. The van der Waals surface area contributed by atoms with Crippen molar-refractivity contribution in [1.29, 1.82) is 0 Å². The lowest BCUT2D eigenvalue weighted by molar-refractivity contribution is 0.831. The summed E-state index contributed by atoms with van der Waals surface area (Å²) in [4.78, 5) is 0. The minimum atomic E-state index is 0.757. The van der Waals surface area contributed by atoms with Crippen molar-refractivity contribution in [3.63, 3.8) is 0 Å². The Kier molecular flexibility index (Phi) is 7.37. The normalized spacial score (nSPS) is 12.9. The predicted octanol–water partition coefficient (Wildman–Crippen LogP) is 8.41. The molecule has 3 heteroatoms. The van der Waals surface area contributed by atoms with E-state index >= 15 is 0 Å². The third kappa shape index (κ3) is 5.64. The zero-order valence-electron chi connectivity index (χ0n) is 22.7. The molecule has 0 saturated carbocycles. The van der Waals surface area contributed by atoms with Crippen LogP contribution in [0.3, 0.4) is 0 Å². The van der Waals surface area contributed by atoms with E-state index in [2.05, 4.69) is 115 Å². The Labute approximate surface area is 237 Å². The summed E-state index contributed by atoms with van der Waals surface area (Å²) in [5.74, 6) is 0. The zero-order chi connectivity index (χ0) is 27.3. The Balaban J connectivity index is 1.44. The minimum Gasteiger partial charge on any atom is -0.398 e. The molecule has 0 aliphatic carbocycles. The molecule has 0 bridgehead atoms. The number of nitrogen functional groups attached to an aromatic ring is 2. The Morgan fingerprint density at radius 2 is 1.32 bits per heavy atom. The number of anilines is 3. The van der Waals surface area contributed by atoms with E-state index in [-0.39, 0.29) is 0 Å². The van der Waals surface area contributed by atoms with E-state index in [1.165, 1.54) is 39.0 Å². The van der Waals surface area contributed by atoms with Crippen LogP contribution in [-0.2, 0) is 19.3 Å². The molecule has 5 N–H and O–H groups in total. The van der Waals surface area contributed by atoms with Crippen molar-refractivity contribution < 1.29 is 0 Å². The Morgan fingerprint density at radius 1 is 0.675 bits per heavy atom. The van der Waals surface area contributed by atoms with Gasteiger partial charge in [0.05, 0.1) is 11.4 Å². The van der Waals surface area contributed by atoms with E-state index < -0.39 is 0 Å². The summed E-state index contributed by atoms with van der Waals surface area (Å²) in [5, 5.41) is 3.53. The molecular weight excluding hydrogens is 486 g/mol. The van der Waals surface area contributed by atoms with Crippen LogP contribution in [0.4, 0.5) is 17.1 Å². The first-order chi connectivity index (χ1) is 19.6. The van der Waals surface area contributed by atoms with Gasteiger partial charge in [-0.25, -0.2) is 0 Å². The molecule has 5 aromatic rings. The van der Waals surface area contributed by atoms with E-state index in [9.17, 15) is 0 Å². The van der Waals surface area contributed by atoms with Gasteiger partial charge in [-0.1, -0.05) is 115 Å². The Bertz CT molecular complexity index is 1590. The smallest absolute Gasteiger partial charge is 0.0626 e. The molecule has 3 nitrogen and oxygen atoms in total. The lowest BCUT2D eigenvalue weighted by Gasteiger charge is -2.21. The first kappa shape index (κ1) is 25.5. The van der Waals surface area contributed by atoms with Gasteiger partial charge in [-0.15, -0.1) is 0 Å². The Hall–Kier alpha value is -4.76. The van der Waals surface area contributed by atoms with Crippen LogP contribution < -0.4 is 16.8 Å². The lowest BCUT2D eigenvalue weighted by Crippen LogP contribution is -2.14. The van der Waals surface area contributed by atoms with E-state index in [4.69, 9.17) is 11.5 Å². The highest BCUT2D eigenvalue weighted by Crippen LogP contribution is 2.34. The summed E-state index contributed by atoms with van der Waals surface area (Å²) < 4.78 is 0. The molecule has 1 aliphatic heterocycles. The van der Waals surface area contributed by atoms with E-state index in [1.807, 2.05) is 12.1 Å². The van der Waals surface area contributed by atoms with Crippen LogP contribution in [0.25, 0.3) is 28.3 Å². The fourth-order valence-electron chi connectivity index (χ4n) is 5.69. The summed E-state index contributed by atoms with van der Waals surface area (Å²) in [7, 11) is 0. The topological polar surface area (TPSA) is 64.1 Å². The maximum absolute atomic E-state index is 6.74. The standard InChI is InChI=1S/C37H35N3/c38-35-16-8-7-14-31(35)21-26(22-32-18-17-30-15-9-19-40-37(30)36(32)39)20-27-23-33(28-10-3-1-4-11-28)25-34(24-27)29-12-5-2-6-13-29/h1-8,10-14,16-18,22-25,40H,9,15,19-21,38-39H2/b26-22-. The monoisotopic (exact) mass is 521 g/mol. The molecule has 0 atom stereocenters. The molecule has 0 unspecified atom stereocenters. The number of allylic oxidation sites excluding steroid dienone is 1. The summed E-state index contributed by atoms with van der Waals surface area (Å²) in [6, 6.07) is 40.7. The van der Waals surface area contributed by atoms with Gasteiger partial charge in [0.1, 0.15) is 0 Å². The van der Waals surface area contributed by atoms with Crippen molar-refractivity contribution >= 4 is 23.1 Å². The highest BCUT2D eigenvalue weighted by molar-refractivity contribution is 5.82. The summed E-state index contributed by atoms with van der Waals surface area (Å²) in [6.45, 7) is 0.965. The number of nitrogens with two attached hydrogens (primary N) is 2. The molecule has 0 spiro atoms. The van der Waals surface area contributed by atoms with Crippen molar-refractivity contribution in [1.82, 2.24) is 0 Å². The third-order valence-electron chi connectivity index (χ3n) is 7.76. The van der Waals surface area contributed by atoms with Crippen molar-refractivity contribution in [3.05, 3.63) is 143 Å². The molecule has 40 heavy (non-hydrogen) atoms. The number of rotatable bonds is 7. The fraction of sp³-hybridized carbons (Fsp3) is 0.135. The average molecular weight is 522 g/mol. The van der Waals surface area contributed by atoms with Gasteiger partial charge in [0, 0.05) is 12.2 Å². The molecule has 0 amide bonds. The molecule has 198 valence electrons. The molecule has 0 aromatic heterocycles. The van der Waals surface area contributed by atoms with Crippen LogP contribution in [0.5, 0.6) is 0 Å². The summed E-state index contributed by atoms with van der Waals surface area (Å²) in [5.41, 5.74) is 26.8. The predicted molar refractivity (Wildman–Crippen MR) is 171 cm³/mol. The summed E-state index contributed by atoms with van der Waals surface area (Å²) >= 11 is 0. The molecule has 0 fully saturated rings. The van der Waals surface area contributed by atoms with Gasteiger partial charge in [0.15, 0.2) is 0 Å². The maximum Gasteiger partial charge on any atom is 0.0626 e. The first-order valence-electron chi connectivity index (χ1n) is 14.1. The van der Waals surface area contributed by atoms with Crippen LogP contribution in [0.15, 0.2) is 121 Å². The second-order valence-electron chi connectivity index (χ2n) is 10.6. The number of fused-ring (bicyclic) bond motifs is 1. The number of hydrogen-bond donors (Lipinski definition) is 3. The van der Waals surface area contributed by atoms with Gasteiger partial charge in [0.25, 0.3) is 0 Å². The largest absolute Gasteiger partial charge is 0.398 e. The lowest BCUT2D eigenvalue weighted by atomic mass is 9.90. The van der Waals surface area contributed by atoms with Gasteiger partial charge >= 0.3 is 0 Å². The van der Waals surface area contributed by atoms with Gasteiger partial charge in [-0.3, -0.25) is 0 Å². The van der Waals surface area contributed by atoms with Crippen LogP contribution in [-0.4, -0.2) is 6.54 Å². The number of nitrogens with one attached hydrogen (secondary N) is 1. The van der Waals surface area contributed by atoms with Crippen LogP contribution in [0, 0.1) is 0 Å². The third-order valence-corrected chi connectivity index (χ3v) is 7.76. The Morgan fingerprint density at radius 3 is 2.00 bits per heavy atom. The molecule has 1 aliphatic rings. The number of hydrogen-bond acceptors (Lipinski definition) is 3. The average Bonchev–Trinajstić information content (AvgIpc) is 3.00. The van der Waals surface area contributed by atoms with Crippen molar-refractivity contribution in [3.8, 4) is 22.3 Å². The van der Waals surface area contributed by atoms with Gasteiger partial charge in [-0.05, 0) is 82.3 Å².